The minimum Gasteiger partial charge on any atom is -0.493 e. The summed E-state index contributed by atoms with van der Waals surface area (Å²) < 4.78 is 23.0. The second-order valence-corrected chi connectivity index (χ2v) is 8.62. The number of nitrogens with one attached hydrogen (secondary N) is 1. The first kappa shape index (κ1) is 22.1. The zero-order valence-electron chi connectivity index (χ0n) is 18.7. The van der Waals surface area contributed by atoms with Gasteiger partial charge in [-0.1, -0.05) is 42.5 Å². The number of carbonyl (C=O) groups is 1. The molecule has 0 aliphatic carbocycles. The molecule has 34 heavy (non-hydrogen) atoms. The van der Waals surface area contributed by atoms with E-state index in [9.17, 15) is 4.79 Å². The van der Waals surface area contributed by atoms with E-state index in [1.807, 2.05) is 42.5 Å². The highest BCUT2D eigenvalue weighted by Gasteiger charge is 2.26. The molecule has 6 nitrogen and oxygen atoms in total. The maximum Gasteiger partial charge on any atom is 0.260 e. The zero-order valence-corrected chi connectivity index (χ0v) is 20.3. The normalized spacial score (nSPS) is 12.0. The van der Waals surface area contributed by atoms with Crippen LogP contribution in [-0.2, 0) is 6.42 Å². The summed E-state index contributed by atoms with van der Waals surface area (Å²) in [5.74, 6) is 1.94. The predicted molar refractivity (Wildman–Crippen MR) is 135 cm³/mol. The van der Waals surface area contributed by atoms with Crippen molar-refractivity contribution in [1.82, 2.24) is 0 Å². The summed E-state index contributed by atoms with van der Waals surface area (Å²) in [4.78, 5) is 13.4. The van der Waals surface area contributed by atoms with Crippen LogP contribution in [0.25, 0.3) is 10.8 Å². The molecule has 0 fully saturated rings. The van der Waals surface area contributed by atoms with Crippen LogP contribution in [0.1, 0.15) is 21.5 Å². The Morgan fingerprint density at radius 2 is 1.79 bits per heavy atom. The number of fused-ring (bicyclic) bond motifs is 2. The molecule has 0 radical (unpaired) electrons. The van der Waals surface area contributed by atoms with Crippen molar-refractivity contribution in [1.29, 1.82) is 0 Å². The Bertz CT molecular complexity index is 1390. The average molecular weight is 520 g/mol. The molecule has 0 saturated heterocycles. The largest absolute Gasteiger partial charge is 0.493 e. The molecule has 172 valence electrons. The number of amides is 1. The van der Waals surface area contributed by atoms with E-state index in [1.165, 1.54) is 0 Å². The summed E-state index contributed by atoms with van der Waals surface area (Å²) in [6.07, 6.45) is 0.651. The quantitative estimate of drug-likeness (QED) is 0.329. The lowest BCUT2D eigenvalue weighted by Crippen LogP contribution is -2.14. The van der Waals surface area contributed by atoms with Crippen LogP contribution in [0, 0.1) is 0 Å². The van der Waals surface area contributed by atoms with Crippen LogP contribution < -0.4 is 24.3 Å². The van der Waals surface area contributed by atoms with Crippen LogP contribution in [0.2, 0.25) is 0 Å². The minimum absolute atomic E-state index is 0.0835. The van der Waals surface area contributed by atoms with Gasteiger partial charge in [0.05, 0.1) is 19.8 Å². The first-order chi connectivity index (χ1) is 16.6. The summed E-state index contributed by atoms with van der Waals surface area (Å²) in [7, 11) is 3.25. The van der Waals surface area contributed by atoms with Gasteiger partial charge in [0.2, 0.25) is 6.79 Å². The van der Waals surface area contributed by atoms with Gasteiger partial charge in [-0.3, -0.25) is 4.79 Å². The Kier molecular flexibility index (Phi) is 6.02. The smallest absolute Gasteiger partial charge is 0.260 e. The molecule has 1 aliphatic rings. The fourth-order valence-electron chi connectivity index (χ4n) is 4.26. The van der Waals surface area contributed by atoms with E-state index in [1.54, 1.807) is 26.4 Å². The van der Waals surface area contributed by atoms with Crippen molar-refractivity contribution in [3.8, 4) is 23.0 Å². The third-order valence-corrected chi connectivity index (χ3v) is 6.48. The average Bonchev–Trinajstić information content (AvgIpc) is 3.33. The topological polar surface area (TPSA) is 66.0 Å². The molecule has 5 rings (SSSR count). The molecule has 7 heteroatoms. The van der Waals surface area contributed by atoms with Crippen molar-refractivity contribution in [2.75, 3.05) is 26.3 Å². The van der Waals surface area contributed by atoms with Gasteiger partial charge in [0.15, 0.2) is 23.0 Å². The molecule has 1 heterocycles. The lowest BCUT2D eigenvalue weighted by Gasteiger charge is -2.18. The van der Waals surface area contributed by atoms with Crippen molar-refractivity contribution in [3.05, 3.63) is 87.9 Å². The van der Waals surface area contributed by atoms with E-state index in [0.717, 1.165) is 21.9 Å². The van der Waals surface area contributed by atoms with E-state index in [0.29, 0.717) is 45.1 Å². The molecular formula is C27H22BrNO5. The number of carbonyl (C=O) groups excluding carboxylic acids is 1. The Hall–Kier alpha value is -3.71. The van der Waals surface area contributed by atoms with Gasteiger partial charge in [-0.15, -0.1) is 0 Å². The van der Waals surface area contributed by atoms with Crippen molar-refractivity contribution in [3.63, 3.8) is 0 Å². The summed E-state index contributed by atoms with van der Waals surface area (Å²) in [6, 6.07) is 21.4. The molecule has 0 aromatic heterocycles. The Labute approximate surface area is 205 Å². The van der Waals surface area contributed by atoms with Crippen LogP contribution >= 0.6 is 15.9 Å². The number of halogens is 1. The van der Waals surface area contributed by atoms with Crippen LogP contribution in [0.3, 0.4) is 0 Å². The fraction of sp³-hybridized carbons (Fsp3) is 0.148. The monoisotopic (exact) mass is 519 g/mol. The summed E-state index contributed by atoms with van der Waals surface area (Å²) in [5.41, 5.74) is 3.17. The molecule has 0 saturated carbocycles. The van der Waals surface area contributed by atoms with Crippen LogP contribution in [0.5, 0.6) is 23.0 Å². The van der Waals surface area contributed by atoms with Gasteiger partial charge in [-0.25, -0.2) is 0 Å². The van der Waals surface area contributed by atoms with E-state index in [4.69, 9.17) is 18.9 Å². The second kappa shape index (κ2) is 9.27. The van der Waals surface area contributed by atoms with Gasteiger partial charge in [-0.2, -0.15) is 0 Å². The Morgan fingerprint density at radius 1 is 0.971 bits per heavy atom. The van der Waals surface area contributed by atoms with Crippen molar-refractivity contribution in [2.45, 2.75) is 6.42 Å². The first-order valence-corrected chi connectivity index (χ1v) is 11.5. The third kappa shape index (κ3) is 3.92. The van der Waals surface area contributed by atoms with Gasteiger partial charge in [0, 0.05) is 27.5 Å². The summed E-state index contributed by atoms with van der Waals surface area (Å²) in [5, 5.41) is 4.87. The molecule has 0 bridgehead atoms. The SMILES string of the molecule is COc1cc2c(NC(=O)c3c(Br)ccc4c3OCO4)cccc2c(Cc2ccccc2)c1OC. The van der Waals surface area contributed by atoms with Crippen molar-refractivity contribution < 1.29 is 23.7 Å². The van der Waals surface area contributed by atoms with E-state index in [2.05, 4.69) is 33.4 Å². The lowest BCUT2D eigenvalue weighted by molar-refractivity contribution is 0.102. The number of methoxy groups -OCH3 is 2. The molecule has 0 unspecified atom stereocenters. The standard InChI is InChI=1S/C27H22BrNO5/c1-31-23-14-18-17(19(25(23)32-2)13-16-7-4-3-5-8-16)9-6-10-21(18)29-27(30)24-20(28)11-12-22-26(24)34-15-33-22/h3-12,14H,13,15H2,1-2H3,(H,29,30). The van der Waals surface area contributed by atoms with E-state index in [-0.39, 0.29) is 12.7 Å². The Morgan fingerprint density at radius 3 is 2.56 bits per heavy atom. The first-order valence-electron chi connectivity index (χ1n) is 10.7. The number of rotatable bonds is 6. The van der Waals surface area contributed by atoms with Gasteiger partial charge in [0.1, 0.15) is 0 Å². The van der Waals surface area contributed by atoms with Crippen LogP contribution in [0.15, 0.2) is 71.2 Å². The molecule has 0 spiro atoms. The fourth-order valence-corrected chi connectivity index (χ4v) is 4.75. The highest BCUT2D eigenvalue weighted by Crippen LogP contribution is 2.43. The molecule has 4 aromatic rings. The molecule has 0 atom stereocenters. The lowest BCUT2D eigenvalue weighted by atomic mass is 9.95. The van der Waals surface area contributed by atoms with Gasteiger partial charge < -0.3 is 24.3 Å². The maximum atomic E-state index is 13.4. The molecular weight excluding hydrogens is 498 g/mol. The van der Waals surface area contributed by atoms with Crippen LogP contribution in [-0.4, -0.2) is 26.9 Å². The number of benzene rings is 4. The van der Waals surface area contributed by atoms with E-state index >= 15 is 0 Å². The van der Waals surface area contributed by atoms with Crippen molar-refractivity contribution in [2.24, 2.45) is 0 Å². The number of ether oxygens (including phenoxy) is 4. The van der Waals surface area contributed by atoms with Crippen molar-refractivity contribution >= 4 is 38.3 Å². The zero-order chi connectivity index (χ0) is 23.7. The molecule has 4 aromatic carbocycles. The third-order valence-electron chi connectivity index (χ3n) is 5.82. The number of hydrogen-bond acceptors (Lipinski definition) is 5. The van der Waals surface area contributed by atoms with Gasteiger partial charge in [-0.05, 0) is 51.1 Å². The molecule has 1 aliphatic heterocycles. The highest BCUT2D eigenvalue weighted by molar-refractivity contribution is 9.10. The number of anilines is 1. The van der Waals surface area contributed by atoms with E-state index < -0.39 is 0 Å². The summed E-state index contributed by atoms with van der Waals surface area (Å²) >= 11 is 3.47. The molecule has 1 amide bonds. The Balaban J connectivity index is 1.62. The maximum absolute atomic E-state index is 13.4. The summed E-state index contributed by atoms with van der Waals surface area (Å²) in [6.45, 7) is 0.0835. The number of hydrogen-bond donors (Lipinski definition) is 1. The van der Waals surface area contributed by atoms with Crippen LogP contribution in [0.4, 0.5) is 5.69 Å². The molecule has 1 N–H and O–H groups in total. The second-order valence-electron chi connectivity index (χ2n) is 7.76. The minimum atomic E-state index is -0.305. The van der Waals surface area contributed by atoms with Gasteiger partial charge in [0.25, 0.3) is 5.91 Å². The van der Waals surface area contributed by atoms with Gasteiger partial charge >= 0.3 is 0 Å². The predicted octanol–water partition coefficient (Wildman–Crippen LogP) is 6.19. The highest BCUT2D eigenvalue weighted by atomic mass is 79.9.